The molecule has 0 unspecified atom stereocenters. The smallest absolute Gasteiger partial charge is 0.257 e. The fraction of sp³-hybridized carbons (Fsp3) is 0.158. The molecule has 0 atom stereocenters. The van der Waals surface area contributed by atoms with Crippen LogP contribution in [0, 0.1) is 0 Å². The zero-order valence-electron chi connectivity index (χ0n) is 16.1. The molecule has 5 N–H and O–H groups in total. The highest BCUT2D eigenvalue weighted by Crippen LogP contribution is 2.36. The maximum atomic E-state index is 12.6. The lowest BCUT2D eigenvalue weighted by Gasteiger charge is -2.05. The van der Waals surface area contributed by atoms with Crippen molar-refractivity contribution in [3.05, 3.63) is 47.5 Å². The SMILES string of the molecule is COc1cc2nc(NC(=O)c3ccc(C(C)=NN=C(N)N)cc3)sc2cc1OC. The molecular weight excluding hydrogens is 392 g/mol. The molecule has 2 aromatic carbocycles. The van der Waals surface area contributed by atoms with Gasteiger partial charge in [-0.3, -0.25) is 10.1 Å². The summed E-state index contributed by atoms with van der Waals surface area (Å²) < 4.78 is 11.5. The number of fused-ring (bicyclic) bond motifs is 1. The average molecular weight is 412 g/mol. The van der Waals surface area contributed by atoms with Gasteiger partial charge in [0.05, 0.1) is 30.1 Å². The van der Waals surface area contributed by atoms with Crippen LogP contribution < -0.4 is 26.3 Å². The number of hydrogen-bond acceptors (Lipinski definition) is 7. The Bertz CT molecular complexity index is 1060. The Labute approximate surface area is 171 Å². The molecule has 0 fully saturated rings. The highest BCUT2D eigenvalue weighted by Gasteiger charge is 2.13. The molecule has 0 bridgehead atoms. The van der Waals surface area contributed by atoms with Gasteiger partial charge < -0.3 is 20.9 Å². The van der Waals surface area contributed by atoms with Gasteiger partial charge in [-0.05, 0) is 24.6 Å². The van der Waals surface area contributed by atoms with Gasteiger partial charge in [-0.25, -0.2) is 4.98 Å². The molecule has 0 saturated heterocycles. The number of anilines is 1. The molecule has 0 aliphatic heterocycles. The number of benzene rings is 2. The number of carbonyl (C=O) groups is 1. The third-order valence-electron chi connectivity index (χ3n) is 3.99. The van der Waals surface area contributed by atoms with Gasteiger partial charge in [0.2, 0.25) is 5.96 Å². The number of nitrogens with two attached hydrogens (primary N) is 2. The topological polar surface area (TPSA) is 137 Å². The Morgan fingerprint density at radius 2 is 1.66 bits per heavy atom. The molecule has 1 heterocycles. The quantitative estimate of drug-likeness (QED) is 0.323. The van der Waals surface area contributed by atoms with Gasteiger partial charge in [-0.15, -0.1) is 5.10 Å². The first-order valence-corrected chi connectivity index (χ1v) is 9.30. The lowest BCUT2D eigenvalue weighted by atomic mass is 10.1. The van der Waals surface area contributed by atoms with Crippen molar-refractivity contribution in [2.75, 3.05) is 19.5 Å². The highest BCUT2D eigenvalue weighted by molar-refractivity contribution is 7.22. The van der Waals surface area contributed by atoms with Crippen LogP contribution in [0.2, 0.25) is 0 Å². The standard InChI is InChI=1S/C19H20N6O3S/c1-10(24-25-18(20)21)11-4-6-12(7-5-11)17(26)23-19-22-13-8-14(27-2)15(28-3)9-16(13)29-19/h4-9H,1-3H3,(H4,20,21,25)(H,22,23,26). The molecule has 10 heteroatoms. The molecule has 0 radical (unpaired) electrons. The number of carbonyl (C=O) groups excluding carboxylic acids is 1. The second-order valence-corrected chi connectivity index (χ2v) is 6.97. The normalized spacial score (nSPS) is 11.2. The van der Waals surface area contributed by atoms with Crippen LogP contribution in [0.3, 0.4) is 0 Å². The number of nitrogens with one attached hydrogen (secondary N) is 1. The first-order valence-electron chi connectivity index (χ1n) is 8.48. The summed E-state index contributed by atoms with van der Waals surface area (Å²) >= 11 is 1.35. The zero-order chi connectivity index (χ0) is 21.0. The Kier molecular flexibility index (Phi) is 5.93. The zero-order valence-corrected chi connectivity index (χ0v) is 16.9. The number of aromatic nitrogens is 1. The first-order chi connectivity index (χ1) is 13.9. The fourth-order valence-corrected chi connectivity index (χ4v) is 3.40. The van der Waals surface area contributed by atoms with E-state index in [1.807, 2.05) is 6.07 Å². The largest absolute Gasteiger partial charge is 0.493 e. The number of nitrogens with zero attached hydrogens (tertiary/aromatic N) is 3. The molecule has 150 valence electrons. The van der Waals surface area contributed by atoms with Crippen LogP contribution in [0.4, 0.5) is 5.13 Å². The third kappa shape index (κ3) is 4.61. The number of thiazole rings is 1. The van der Waals surface area contributed by atoms with Crippen molar-refractivity contribution >= 4 is 44.3 Å². The number of amides is 1. The lowest BCUT2D eigenvalue weighted by Crippen LogP contribution is -2.22. The van der Waals surface area contributed by atoms with E-state index in [1.54, 1.807) is 51.5 Å². The van der Waals surface area contributed by atoms with Crippen LogP contribution in [0.1, 0.15) is 22.8 Å². The number of methoxy groups -OCH3 is 2. The Hall–Kier alpha value is -3.66. The summed E-state index contributed by atoms with van der Waals surface area (Å²) in [7, 11) is 3.13. The van der Waals surface area contributed by atoms with E-state index in [1.165, 1.54) is 11.3 Å². The summed E-state index contributed by atoms with van der Waals surface area (Å²) in [6, 6.07) is 10.5. The van der Waals surface area contributed by atoms with Gasteiger partial charge in [-0.2, -0.15) is 5.10 Å². The van der Waals surface area contributed by atoms with Gasteiger partial charge in [-0.1, -0.05) is 23.5 Å². The van der Waals surface area contributed by atoms with Crippen LogP contribution in [-0.4, -0.2) is 36.8 Å². The van der Waals surface area contributed by atoms with E-state index in [2.05, 4.69) is 20.5 Å². The minimum absolute atomic E-state index is 0.119. The van der Waals surface area contributed by atoms with Crippen molar-refractivity contribution in [2.45, 2.75) is 6.92 Å². The summed E-state index contributed by atoms with van der Waals surface area (Å²) in [6.45, 7) is 1.77. The summed E-state index contributed by atoms with van der Waals surface area (Å²) in [5.41, 5.74) is 13.1. The van der Waals surface area contributed by atoms with E-state index in [0.717, 1.165) is 10.3 Å². The minimum Gasteiger partial charge on any atom is -0.493 e. The second-order valence-electron chi connectivity index (χ2n) is 5.94. The summed E-state index contributed by atoms with van der Waals surface area (Å²) in [5.74, 6) is 0.797. The highest BCUT2D eigenvalue weighted by atomic mass is 32.1. The van der Waals surface area contributed by atoms with Crippen molar-refractivity contribution in [2.24, 2.45) is 21.7 Å². The van der Waals surface area contributed by atoms with Crippen molar-refractivity contribution in [1.29, 1.82) is 0 Å². The summed E-state index contributed by atoms with van der Waals surface area (Å²) in [5, 5.41) is 10.8. The predicted molar refractivity (Wildman–Crippen MR) is 115 cm³/mol. The van der Waals surface area contributed by atoms with Gasteiger partial charge >= 0.3 is 0 Å². The number of rotatable bonds is 6. The predicted octanol–water partition coefficient (Wildman–Crippen LogP) is 2.56. The molecule has 9 nitrogen and oxygen atoms in total. The van der Waals surface area contributed by atoms with E-state index >= 15 is 0 Å². The van der Waals surface area contributed by atoms with E-state index in [0.29, 0.717) is 33.4 Å². The van der Waals surface area contributed by atoms with Crippen LogP contribution in [-0.2, 0) is 0 Å². The molecule has 3 rings (SSSR count). The molecule has 3 aromatic rings. The molecule has 0 spiro atoms. The molecule has 0 saturated carbocycles. The van der Waals surface area contributed by atoms with Crippen LogP contribution in [0.25, 0.3) is 10.2 Å². The van der Waals surface area contributed by atoms with E-state index in [9.17, 15) is 4.79 Å². The minimum atomic E-state index is -0.270. The third-order valence-corrected chi connectivity index (χ3v) is 4.93. The Balaban J connectivity index is 1.78. The molecule has 1 aromatic heterocycles. The Morgan fingerprint density at radius 1 is 1.03 bits per heavy atom. The molecule has 0 aliphatic rings. The van der Waals surface area contributed by atoms with Crippen molar-refractivity contribution in [3.63, 3.8) is 0 Å². The molecule has 1 amide bonds. The monoisotopic (exact) mass is 412 g/mol. The number of guanidine groups is 1. The van der Waals surface area contributed by atoms with Gasteiger partial charge in [0.1, 0.15) is 0 Å². The second kappa shape index (κ2) is 8.57. The number of hydrogen-bond donors (Lipinski definition) is 3. The van der Waals surface area contributed by atoms with Crippen LogP contribution in [0.15, 0.2) is 46.6 Å². The van der Waals surface area contributed by atoms with Crippen LogP contribution in [0.5, 0.6) is 11.5 Å². The fourth-order valence-electron chi connectivity index (χ4n) is 2.53. The van der Waals surface area contributed by atoms with Crippen LogP contribution >= 0.6 is 11.3 Å². The van der Waals surface area contributed by atoms with Gasteiger partial charge in [0.15, 0.2) is 16.6 Å². The molecule has 29 heavy (non-hydrogen) atoms. The van der Waals surface area contributed by atoms with Crippen molar-refractivity contribution in [1.82, 2.24) is 4.98 Å². The summed E-state index contributed by atoms with van der Waals surface area (Å²) in [6.07, 6.45) is 0. The van der Waals surface area contributed by atoms with E-state index < -0.39 is 0 Å². The average Bonchev–Trinajstić information content (AvgIpc) is 3.11. The Morgan fingerprint density at radius 3 is 2.28 bits per heavy atom. The lowest BCUT2D eigenvalue weighted by molar-refractivity contribution is 0.102. The maximum absolute atomic E-state index is 12.6. The first kappa shape index (κ1) is 20.1. The summed E-state index contributed by atoms with van der Waals surface area (Å²) in [4.78, 5) is 17.0. The number of ether oxygens (including phenoxy) is 2. The maximum Gasteiger partial charge on any atom is 0.257 e. The van der Waals surface area contributed by atoms with Crippen molar-refractivity contribution < 1.29 is 14.3 Å². The van der Waals surface area contributed by atoms with Gasteiger partial charge in [0, 0.05) is 17.7 Å². The van der Waals surface area contributed by atoms with Gasteiger partial charge in [0.25, 0.3) is 5.91 Å². The van der Waals surface area contributed by atoms with E-state index in [-0.39, 0.29) is 11.9 Å². The molecule has 0 aliphatic carbocycles. The van der Waals surface area contributed by atoms with Crippen molar-refractivity contribution in [3.8, 4) is 11.5 Å². The molecular formula is C19H20N6O3S. The van der Waals surface area contributed by atoms with E-state index in [4.69, 9.17) is 20.9 Å².